The summed E-state index contributed by atoms with van der Waals surface area (Å²) in [5.74, 6) is 0.568. The molecule has 0 aliphatic carbocycles. The molecule has 0 radical (unpaired) electrons. The Morgan fingerprint density at radius 3 is 2.73 bits per heavy atom. The number of carbonyl (C=O) groups excluding carboxylic acids is 2. The normalized spacial score (nSPS) is 18.4. The summed E-state index contributed by atoms with van der Waals surface area (Å²) in [6.07, 6.45) is 2.38. The molecule has 4 rings (SSSR count). The highest BCUT2D eigenvalue weighted by atomic mass is 35.5. The van der Waals surface area contributed by atoms with Crippen molar-refractivity contribution < 1.29 is 14.3 Å². The number of rotatable bonds is 4. The van der Waals surface area contributed by atoms with Gasteiger partial charge in [0, 0.05) is 24.7 Å². The van der Waals surface area contributed by atoms with Crippen molar-refractivity contribution in [1.29, 1.82) is 0 Å². The van der Waals surface area contributed by atoms with Crippen molar-refractivity contribution in [3.05, 3.63) is 59.1 Å². The Hall–Kier alpha value is -2.73. The van der Waals surface area contributed by atoms with Crippen LogP contribution in [-0.2, 0) is 11.2 Å². The van der Waals surface area contributed by atoms with E-state index in [0.29, 0.717) is 37.8 Å². The van der Waals surface area contributed by atoms with Crippen LogP contribution >= 0.6 is 11.6 Å². The number of benzene rings is 2. The summed E-state index contributed by atoms with van der Waals surface area (Å²) in [5, 5.41) is 3.73. The molecule has 2 heterocycles. The van der Waals surface area contributed by atoms with E-state index in [2.05, 4.69) is 5.32 Å². The Morgan fingerprint density at radius 1 is 1.10 bits per heavy atom. The highest BCUT2D eigenvalue weighted by molar-refractivity contribution is 6.30. The Kier molecular flexibility index (Phi) is 6.43. The van der Waals surface area contributed by atoms with Gasteiger partial charge in [-0.3, -0.25) is 9.69 Å². The molecule has 2 aliphatic rings. The molecule has 1 saturated heterocycles. The highest BCUT2D eigenvalue weighted by Crippen LogP contribution is 2.32. The number of likely N-dealkylation sites (tertiary alicyclic amines) is 1. The topological polar surface area (TPSA) is 61.9 Å². The third-order valence-corrected chi connectivity index (χ3v) is 5.90. The minimum Gasteiger partial charge on any atom is -0.490 e. The quantitative estimate of drug-likeness (QED) is 0.808. The van der Waals surface area contributed by atoms with Crippen LogP contribution in [0.5, 0.6) is 5.75 Å². The van der Waals surface area contributed by atoms with Gasteiger partial charge in [-0.15, -0.1) is 0 Å². The van der Waals surface area contributed by atoms with Gasteiger partial charge >= 0.3 is 6.03 Å². The highest BCUT2D eigenvalue weighted by Gasteiger charge is 2.33. The first-order chi connectivity index (χ1) is 14.6. The second-order valence-corrected chi connectivity index (χ2v) is 8.14. The maximum absolute atomic E-state index is 13.2. The maximum Gasteiger partial charge on any atom is 0.324 e. The number of para-hydroxylation sites is 2. The average Bonchev–Trinajstić information content (AvgIpc) is 2.79. The van der Waals surface area contributed by atoms with E-state index in [4.69, 9.17) is 16.3 Å². The Balaban J connectivity index is 1.32. The number of carbonyl (C=O) groups is 2. The molecule has 0 unspecified atom stereocenters. The molecular weight excluding hydrogens is 402 g/mol. The smallest absolute Gasteiger partial charge is 0.324 e. The number of urea groups is 1. The van der Waals surface area contributed by atoms with Gasteiger partial charge in [0.15, 0.2) is 0 Å². The van der Waals surface area contributed by atoms with E-state index in [1.54, 1.807) is 9.80 Å². The van der Waals surface area contributed by atoms with Gasteiger partial charge in [-0.1, -0.05) is 35.9 Å². The van der Waals surface area contributed by atoms with Gasteiger partial charge in [0.1, 0.15) is 12.4 Å². The Labute approximate surface area is 181 Å². The number of nitrogens with zero attached hydrogens (tertiary/aromatic N) is 2. The van der Waals surface area contributed by atoms with Crippen LogP contribution in [0.3, 0.4) is 0 Å². The van der Waals surface area contributed by atoms with Gasteiger partial charge < -0.3 is 15.0 Å². The fourth-order valence-electron chi connectivity index (χ4n) is 4.03. The molecule has 0 spiro atoms. The molecule has 1 fully saturated rings. The molecule has 0 saturated carbocycles. The van der Waals surface area contributed by atoms with Gasteiger partial charge in [0.25, 0.3) is 0 Å². The van der Waals surface area contributed by atoms with Gasteiger partial charge in [-0.2, -0.15) is 0 Å². The molecule has 6 nitrogen and oxygen atoms in total. The first-order valence-electron chi connectivity index (χ1n) is 10.4. The van der Waals surface area contributed by atoms with Crippen LogP contribution in [0, 0.1) is 5.92 Å². The summed E-state index contributed by atoms with van der Waals surface area (Å²) >= 11 is 5.91. The van der Waals surface area contributed by atoms with E-state index in [0.717, 1.165) is 36.3 Å². The molecule has 30 heavy (non-hydrogen) atoms. The van der Waals surface area contributed by atoms with Crippen molar-refractivity contribution >= 4 is 29.2 Å². The predicted octanol–water partition coefficient (Wildman–Crippen LogP) is 3.73. The maximum atomic E-state index is 13.2. The van der Waals surface area contributed by atoms with Crippen LogP contribution in [0.4, 0.5) is 10.5 Å². The number of anilines is 1. The minimum absolute atomic E-state index is 0.0174. The van der Waals surface area contributed by atoms with E-state index in [1.165, 1.54) is 0 Å². The van der Waals surface area contributed by atoms with Gasteiger partial charge in [-0.05, 0) is 49.1 Å². The molecule has 0 bridgehead atoms. The SMILES string of the molecule is O=C(NCCc1ccc(Cl)cc1)[C@@H]1CCCN(C(=O)N2CCOc3ccccc32)C1. The summed E-state index contributed by atoms with van der Waals surface area (Å²) in [4.78, 5) is 29.4. The zero-order valence-corrected chi connectivity index (χ0v) is 17.6. The number of halogens is 1. The van der Waals surface area contributed by atoms with Crippen molar-refractivity contribution in [2.24, 2.45) is 5.92 Å². The predicted molar refractivity (Wildman–Crippen MR) is 117 cm³/mol. The Bertz CT molecular complexity index is 903. The fraction of sp³-hybridized carbons (Fsp3) is 0.391. The van der Waals surface area contributed by atoms with E-state index in [9.17, 15) is 9.59 Å². The van der Waals surface area contributed by atoms with Crippen molar-refractivity contribution in [3.8, 4) is 5.75 Å². The molecule has 2 aromatic rings. The molecule has 2 aliphatic heterocycles. The van der Waals surface area contributed by atoms with Crippen molar-refractivity contribution in [2.45, 2.75) is 19.3 Å². The van der Waals surface area contributed by atoms with Gasteiger partial charge in [0.2, 0.25) is 5.91 Å². The van der Waals surface area contributed by atoms with E-state index in [1.807, 2.05) is 48.5 Å². The second kappa shape index (κ2) is 9.39. The summed E-state index contributed by atoms with van der Waals surface area (Å²) < 4.78 is 5.65. The molecule has 158 valence electrons. The molecule has 3 amide bonds. The third-order valence-electron chi connectivity index (χ3n) is 5.65. The molecule has 7 heteroatoms. The standard InChI is InChI=1S/C23H26ClN3O3/c24-19-9-7-17(8-10-19)11-12-25-22(28)18-4-3-13-26(16-18)23(29)27-14-15-30-21-6-2-1-5-20(21)27/h1-2,5-10,18H,3-4,11-16H2,(H,25,28)/t18-/m1/s1. The second-order valence-electron chi connectivity index (χ2n) is 7.70. The van der Waals surface area contributed by atoms with E-state index < -0.39 is 0 Å². The van der Waals surface area contributed by atoms with Crippen LogP contribution in [0.15, 0.2) is 48.5 Å². The number of hydrogen-bond donors (Lipinski definition) is 1. The zero-order valence-electron chi connectivity index (χ0n) is 16.9. The zero-order chi connectivity index (χ0) is 20.9. The van der Waals surface area contributed by atoms with Crippen LogP contribution in [0.25, 0.3) is 0 Å². The van der Waals surface area contributed by atoms with Crippen LogP contribution in [0.1, 0.15) is 18.4 Å². The number of amides is 3. The number of fused-ring (bicyclic) bond motifs is 1. The molecule has 1 atom stereocenters. The first kappa shape index (κ1) is 20.5. The third kappa shape index (κ3) is 4.70. The average molecular weight is 428 g/mol. The lowest BCUT2D eigenvalue weighted by atomic mass is 9.97. The summed E-state index contributed by atoms with van der Waals surface area (Å²) in [5.41, 5.74) is 1.93. The monoisotopic (exact) mass is 427 g/mol. The summed E-state index contributed by atoms with van der Waals surface area (Å²) in [6.45, 7) is 2.69. The Morgan fingerprint density at radius 2 is 1.90 bits per heavy atom. The van der Waals surface area contributed by atoms with Crippen LogP contribution < -0.4 is 15.0 Å². The van der Waals surface area contributed by atoms with Crippen molar-refractivity contribution in [1.82, 2.24) is 10.2 Å². The first-order valence-corrected chi connectivity index (χ1v) is 10.8. The van der Waals surface area contributed by atoms with Crippen molar-refractivity contribution in [2.75, 3.05) is 37.7 Å². The van der Waals surface area contributed by atoms with Crippen LogP contribution in [0.2, 0.25) is 5.02 Å². The molecule has 1 N–H and O–H groups in total. The number of nitrogens with one attached hydrogen (secondary N) is 1. The largest absolute Gasteiger partial charge is 0.490 e. The van der Waals surface area contributed by atoms with Crippen LogP contribution in [-0.4, -0.2) is 49.6 Å². The molecular formula is C23H26ClN3O3. The molecule has 0 aromatic heterocycles. The summed E-state index contributed by atoms with van der Waals surface area (Å²) in [6, 6.07) is 15.2. The lowest BCUT2D eigenvalue weighted by Gasteiger charge is -2.37. The lowest BCUT2D eigenvalue weighted by molar-refractivity contribution is -0.126. The van der Waals surface area contributed by atoms with Crippen molar-refractivity contribution in [3.63, 3.8) is 0 Å². The lowest BCUT2D eigenvalue weighted by Crippen LogP contribution is -2.52. The minimum atomic E-state index is -0.177. The number of ether oxygens (including phenoxy) is 1. The van der Waals surface area contributed by atoms with E-state index in [-0.39, 0.29) is 17.9 Å². The number of piperidine rings is 1. The summed E-state index contributed by atoms with van der Waals surface area (Å²) in [7, 11) is 0. The molecule has 2 aromatic carbocycles. The van der Waals surface area contributed by atoms with E-state index >= 15 is 0 Å². The number of hydrogen-bond acceptors (Lipinski definition) is 3. The van der Waals surface area contributed by atoms with Gasteiger partial charge in [-0.25, -0.2) is 4.79 Å². The fourth-order valence-corrected chi connectivity index (χ4v) is 4.16. The van der Waals surface area contributed by atoms with Gasteiger partial charge in [0.05, 0.1) is 18.2 Å².